The lowest BCUT2D eigenvalue weighted by molar-refractivity contribution is -0.118. The van der Waals surface area contributed by atoms with Crippen LogP contribution in [0.2, 0.25) is 0 Å². The highest BCUT2D eigenvalue weighted by Gasteiger charge is 2.23. The Balaban J connectivity index is 2.18. The lowest BCUT2D eigenvalue weighted by Crippen LogP contribution is -2.41. The molecule has 0 unspecified atom stereocenters. The summed E-state index contributed by atoms with van der Waals surface area (Å²) in [4.78, 5) is 13.7. The summed E-state index contributed by atoms with van der Waals surface area (Å²) in [5.74, 6) is 0.371. The van der Waals surface area contributed by atoms with Gasteiger partial charge in [0.1, 0.15) is 5.78 Å². The van der Waals surface area contributed by atoms with Crippen LogP contribution in [0, 0.1) is 0 Å². The second-order valence-electron chi connectivity index (χ2n) is 4.69. The molecule has 1 fully saturated rings. The second-order valence-corrected chi connectivity index (χ2v) is 4.69. The van der Waals surface area contributed by atoms with E-state index in [4.69, 9.17) is 5.11 Å². The molecule has 3 heteroatoms. The maximum absolute atomic E-state index is 11.2. The average molecular weight is 227 g/mol. The molecule has 1 aliphatic carbocycles. The molecule has 3 nitrogen and oxygen atoms in total. The SMILES string of the molecule is CCC(=O)CCCN(CCCO)C1CCC1. The van der Waals surface area contributed by atoms with Crippen molar-refractivity contribution in [2.45, 2.75) is 57.9 Å². The van der Waals surface area contributed by atoms with E-state index in [1.165, 1.54) is 19.3 Å². The maximum atomic E-state index is 11.2. The summed E-state index contributed by atoms with van der Waals surface area (Å²) < 4.78 is 0. The molecule has 0 bridgehead atoms. The van der Waals surface area contributed by atoms with E-state index in [9.17, 15) is 4.79 Å². The largest absolute Gasteiger partial charge is 0.396 e. The molecule has 94 valence electrons. The van der Waals surface area contributed by atoms with E-state index in [2.05, 4.69) is 4.90 Å². The van der Waals surface area contributed by atoms with Gasteiger partial charge in [0.15, 0.2) is 0 Å². The van der Waals surface area contributed by atoms with Crippen molar-refractivity contribution in [3.8, 4) is 0 Å². The van der Waals surface area contributed by atoms with Crippen molar-refractivity contribution in [3.63, 3.8) is 0 Å². The van der Waals surface area contributed by atoms with Gasteiger partial charge < -0.3 is 10.0 Å². The molecule has 16 heavy (non-hydrogen) atoms. The first-order chi connectivity index (χ1) is 7.77. The molecule has 0 saturated heterocycles. The molecule has 0 aromatic carbocycles. The zero-order chi connectivity index (χ0) is 11.8. The number of aliphatic hydroxyl groups excluding tert-OH is 1. The summed E-state index contributed by atoms with van der Waals surface area (Å²) in [6.45, 7) is 4.22. The van der Waals surface area contributed by atoms with E-state index in [-0.39, 0.29) is 6.61 Å². The lowest BCUT2D eigenvalue weighted by atomic mass is 9.91. The highest BCUT2D eigenvalue weighted by atomic mass is 16.3. The smallest absolute Gasteiger partial charge is 0.132 e. The van der Waals surface area contributed by atoms with E-state index in [1.54, 1.807) is 0 Å². The molecule has 0 aliphatic heterocycles. The molecule has 1 rings (SSSR count). The van der Waals surface area contributed by atoms with Gasteiger partial charge in [-0.2, -0.15) is 0 Å². The standard InChI is InChI=1S/C13H25NO2/c1-2-13(16)8-4-9-14(10-5-11-15)12-6-3-7-12/h12,15H,2-11H2,1H3. The van der Waals surface area contributed by atoms with Crippen LogP contribution in [0.5, 0.6) is 0 Å². The minimum atomic E-state index is 0.275. The predicted octanol–water partition coefficient (Wildman–Crippen LogP) is 1.98. The molecule has 0 spiro atoms. The molecule has 1 aliphatic rings. The van der Waals surface area contributed by atoms with Crippen LogP contribution in [-0.2, 0) is 4.79 Å². The van der Waals surface area contributed by atoms with Crippen LogP contribution in [-0.4, -0.2) is 41.5 Å². The van der Waals surface area contributed by atoms with E-state index >= 15 is 0 Å². The Morgan fingerprint density at radius 3 is 2.50 bits per heavy atom. The molecule has 0 radical (unpaired) electrons. The first-order valence-electron chi connectivity index (χ1n) is 6.64. The van der Waals surface area contributed by atoms with Gasteiger partial charge in [-0.15, -0.1) is 0 Å². The number of hydrogen-bond donors (Lipinski definition) is 1. The second kappa shape index (κ2) is 7.80. The minimum absolute atomic E-state index is 0.275. The molecule has 1 N–H and O–H groups in total. The quantitative estimate of drug-likeness (QED) is 0.655. The fraction of sp³-hybridized carbons (Fsp3) is 0.923. The lowest BCUT2D eigenvalue weighted by Gasteiger charge is -2.37. The Labute approximate surface area is 98.8 Å². The zero-order valence-corrected chi connectivity index (χ0v) is 10.5. The molecular weight excluding hydrogens is 202 g/mol. The van der Waals surface area contributed by atoms with Gasteiger partial charge in [0, 0.05) is 32.0 Å². The van der Waals surface area contributed by atoms with Gasteiger partial charge in [-0.1, -0.05) is 13.3 Å². The topological polar surface area (TPSA) is 40.5 Å². The fourth-order valence-electron chi connectivity index (χ4n) is 2.16. The fourth-order valence-corrected chi connectivity index (χ4v) is 2.16. The highest BCUT2D eigenvalue weighted by molar-refractivity contribution is 5.77. The number of ketones is 1. The normalized spacial score (nSPS) is 16.4. The number of rotatable bonds is 9. The zero-order valence-electron chi connectivity index (χ0n) is 10.5. The number of nitrogens with zero attached hydrogens (tertiary/aromatic N) is 1. The number of aliphatic hydroxyl groups is 1. The van der Waals surface area contributed by atoms with Crippen LogP contribution in [0.3, 0.4) is 0 Å². The van der Waals surface area contributed by atoms with E-state index < -0.39 is 0 Å². The van der Waals surface area contributed by atoms with Crippen molar-refractivity contribution in [1.29, 1.82) is 0 Å². The van der Waals surface area contributed by atoms with Crippen LogP contribution in [0.25, 0.3) is 0 Å². The van der Waals surface area contributed by atoms with E-state index in [1.807, 2.05) is 6.92 Å². The molecule has 1 saturated carbocycles. The molecule has 0 amide bonds. The summed E-state index contributed by atoms with van der Waals surface area (Å²) in [6.07, 6.45) is 7.17. The monoisotopic (exact) mass is 227 g/mol. The van der Waals surface area contributed by atoms with Gasteiger partial charge in [0.05, 0.1) is 0 Å². The highest BCUT2D eigenvalue weighted by Crippen LogP contribution is 2.25. The number of carbonyl (C=O) groups is 1. The van der Waals surface area contributed by atoms with Crippen LogP contribution < -0.4 is 0 Å². The van der Waals surface area contributed by atoms with Gasteiger partial charge in [0.25, 0.3) is 0 Å². The number of hydrogen-bond acceptors (Lipinski definition) is 3. The first-order valence-corrected chi connectivity index (χ1v) is 6.64. The van der Waals surface area contributed by atoms with Crippen molar-refractivity contribution >= 4 is 5.78 Å². The summed E-state index contributed by atoms with van der Waals surface area (Å²) in [6, 6.07) is 0.725. The van der Waals surface area contributed by atoms with Gasteiger partial charge in [-0.3, -0.25) is 4.79 Å². The van der Waals surface area contributed by atoms with Crippen LogP contribution in [0.15, 0.2) is 0 Å². The van der Waals surface area contributed by atoms with Gasteiger partial charge >= 0.3 is 0 Å². The average Bonchev–Trinajstić information content (AvgIpc) is 2.22. The third-order valence-electron chi connectivity index (χ3n) is 3.49. The third-order valence-corrected chi connectivity index (χ3v) is 3.49. The number of carbonyl (C=O) groups excluding carboxylic acids is 1. The molecule has 0 atom stereocenters. The van der Waals surface area contributed by atoms with Crippen molar-refractivity contribution in [2.75, 3.05) is 19.7 Å². The minimum Gasteiger partial charge on any atom is -0.396 e. The van der Waals surface area contributed by atoms with E-state index in [0.717, 1.165) is 38.4 Å². The van der Waals surface area contributed by atoms with Crippen molar-refractivity contribution in [2.24, 2.45) is 0 Å². The van der Waals surface area contributed by atoms with Gasteiger partial charge in [-0.25, -0.2) is 0 Å². The van der Waals surface area contributed by atoms with Crippen LogP contribution in [0.4, 0.5) is 0 Å². The Hall–Kier alpha value is -0.410. The van der Waals surface area contributed by atoms with Crippen molar-refractivity contribution in [3.05, 3.63) is 0 Å². The van der Waals surface area contributed by atoms with Crippen LogP contribution >= 0.6 is 0 Å². The van der Waals surface area contributed by atoms with Gasteiger partial charge in [-0.05, 0) is 32.2 Å². The van der Waals surface area contributed by atoms with Crippen molar-refractivity contribution in [1.82, 2.24) is 4.90 Å². The molecule has 0 aromatic rings. The van der Waals surface area contributed by atoms with Crippen molar-refractivity contribution < 1.29 is 9.90 Å². The molecule has 0 heterocycles. The summed E-state index contributed by atoms with van der Waals surface area (Å²) in [5.41, 5.74) is 0. The third kappa shape index (κ3) is 4.62. The Morgan fingerprint density at radius 1 is 1.31 bits per heavy atom. The Kier molecular flexibility index (Phi) is 6.65. The first kappa shape index (κ1) is 13.7. The number of Topliss-reactive ketones (excluding diaryl/α,β-unsaturated/α-hetero) is 1. The maximum Gasteiger partial charge on any atom is 0.132 e. The van der Waals surface area contributed by atoms with E-state index in [0.29, 0.717) is 12.2 Å². The summed E-state index contributed by atoms with van der Waals surface area (Å²) in [5, 5.41) is 8.86. The summed E-state index contributed by atoms with van der Waals surface area (Å²) in [7, 11) is 0. The summed E-state index contributed by atoms with van der Waals surface area (Å²) >= 11 is 0. The van der Waals surface area contributed by atoms with Gasteiger partial charge in [0.2, 0.25) is 0 Å². The Bertz CT molecular complexity index is 202. The molecule has 0 aromatic heterocycles. The Morgan fingerprint density at radius 2 is 2.00 bits per heavy atom. The predicted molar refractivity (Wildman–Crippen MR) is 65.4 cm³/mol. The molecular formula is C13H25NO2. The van der Waals surface area contributed by atoms with Crippen LogP contribution in [0.1, 0.15) is 51.9 Å².